The maximum Gasteiger partial charge on any atom is 0.311 e. The number of quaternary nitrogens is 1. The molecule has 7 nitrogen and oxygen atoms in total. The van der Waals surface area contributed by atoms with Gasteiger partial charge in [-0.3, -0.25) is 9.59 Å². The molecule has 0 aromatic heterocycles. The number of hydrogen-bond acceptors (Lipinski definition) is 4. The van der Waals surface area contributed by atoms with Crippen LogP contribution in [-0.4, -0.2) is 58.8 Å². The zero-order valence-corrected chi connectivity index (χ0v) is 22.5. The second kappa shape index (κ2) is 19.3. The summed E-state index contributed by atoms with van der Waals surface area (Å²) < 4.78 is 0.183. The van der Waals surface area contributed by atoms with Crippen molar-refractivity contribution in [3.63, 3.8) is 0 Å². The fraction of sp³-hybridized carbons (Fsp3) is 0.821. The number of allylic oxidation sites excluding steroid dienone is 1. The first-order valence-electron chi connectivity index (χ1n) is 13.7. The molecule has 7 heteroatoms. The first kappa shape index (κ1) is 33.1. The Labute approximate surface area is 213 Å². The minimum absolute atomic E-state index is 0.183. The van der Waals surface area contributed by atoms with Crippen LogP contribution in [0.3, 0.4) is 0 Å². The highest BCUT2D eigenvalue weighted by Crippen LogP contribution is 2.22. The van der Waals surface area contributed by atoms with E-state index in [9.17, 15) is 29.7 Å². The first-order chi connectivity index (χ1) is 16.5. The summed E-state index contributed by atoms with van der Waals surface area (Å²) in [5, 5.41) is 30.4. The number of carboxylic acid groups (broad SMARTS) is 3. The second-order valence-electron chi connectivity index (χ2n) is 10.6. The highest BCUT2D eigenvalue weighted by molar-refractivity contribution is 5.70. The molecule has 204 valence electrons. The number of rotatable bonds is 24. The molecular formula is C28H51NO6. The molecule has 0 aromatic rings. The van der Waals surface area contributed by atoms with Crippen molar-refractivity contribution in [3.8, 4) is 0 Å². The lowest BCUT2D eigenvalue weighted by Gasteiger charge is -2.43. The standard InChI is InChI=1S/C28H51NO6/c1-5-6-7-8-9-10-11-12-13-14-15-16-17-18-19-29(20-23(2)26(30)31,21-24(3)27(32)33)22-25(4)28(34)35/h5,23-25H,1,6-22H2,2-4H3,(H2-,30,31,32,33,34,35). The Kier molecular flexibility index (Phi) is 18.3. The Morgan fingerprint density at radius 1 is 0.686 bits per heavy atom. The van der Waals surface area contributed by atoms with Crippen LogP contribution in [0.25, 0.3) is 0 Å². The molecule has 0 aliphatic heterocycles. The lowest BCUT2D eigenvalue weighted by Crippen LogP contribution is -2.58. The third-order valence-corrected chi connectivity index (χ3v) is 7.02. The molecule has 0 radical (unpaired) electrons. The Hall–Kier alpha value is -1.89. The molecule has 0 bridgehead atoms. The van der Waals surface area contributed by atoms with Gasteiger partial charge in [-0.25, -0.2) is 0 Å². The van der Waals surface area contributed by atoms with Gasteiger partial charge in [0.25, 0.3) is 0 Å². The van der Waals surface area contributed by atoms with E-state index >= 15 is 0 Å². The van der Waals surface area contributed by atoms with E-state index in [0.717, 1.165) is 32.1 Å². The van der Waals surface area contributed by atoms with Gasteiger partial charge in [-0.1, -0.05) is 70.8 Å². The van der Waals surface area contributed by atoms with Gasteiger partial charge in [-0.15, -0.1) is 6.58 Å². The molecular weight excluding hydrogens is 446 g/mol. The van der Waals surface area contributed by atoms with E-state index in [4.69, 9.17) is 0 Å². The van der Waals surface area contributed by atoms with Crippen molar-refractivity contribution in [2.24, 2.45) is 17.8 Å². The number of hydrogen-bond donors (Lipinski definition) is 2. The van der Waals surface area contributed by atoms with Gasteiger partial charge in [0.2, 0.25) is 0 Å². The summed E-state index contributed by atoms with van der Waals surface area (Å²) >= 11 is 0. The van der Waals surface area contributed by atoms with E-state index in [0.29, 0.717) is 6.54 Å². The first-order valence-corrected chi connectivity index (χ1v) is 13.7. The van der Waals surface area contributed by atoms with Crippen LogP contribution >= 0.6 is 0 Å². The Morgan fingerprint density at radius 2 is 1.03 bits per heavy atom. The molecule has 0 heterocycles. The number of carbonyl (C=O) groups excluding carboxylic acids is 1. The number of unbranched alkanes of at least 4 members (excludes halogenated alkanes) is 12. The van der Waals surface area contributed by atoms with Gasteiger partial charge in [0, 0.05) is 11.9 Å². The largest absolute Gasteiger partial charge is 0.550 e. The van der Waals surface area contributed by atoms with Crippen LogP contribution in [0.1, 0.15) is 104 Å². The second-order valence-corrected chi connectivity index (χ2v) is 10.6. The lowest BCUT2D eigenvalue weighted by molar-refractivity contribution is -0.934. The fourth-order valence-electron chi connectivity index (χ4n) is 4.97. The third-order valence-electron chi connectivity index (χ3n) is 7.02. The van der Waals surface area contributed by atoms with Gasteiger partial charge < -0.3 is 24.6 Å². The summed E-state index contributed by atoms with van der Waals surface area (Å²) in [6.45, 7) is 9.72. The molecule has 0 saturated heterocycles. The average molecular weight is 498 g/mol. The maximum absolute atomic E-state index is 11.6. The van der Waals surface area contributed by atoms with E-state index in [1.165, 1.54) is 51.4 Å². The van der Waals surface area contributed by atoms with Crippen LogP contribution in [-0.2, 0) is 14.4 Å². The number of carboxylic acids is 3. The van der Waals surface area contributed by atoms with Gasteiger partial charge in [-0.05, 0) is 39.5 Å². The van der Waals surface area contributed by atoms with E-state index in [-0.39, 0.29) is 24.1 Å². The van der Waals surface area contributed by atoms with Crippen LogP contribution in [0, 0.1) is 17.8 Å². The monoisotopic (exact) mass is 497 g/mol. The van der Waals surface area contributed by atoms with Gasteiger partial charge in [0.15, 0.2) is 0 Å². The highest BCUT2D eigenvalue weighted by atomic mass is 16.4. The van der Waals surface area contributed by atoms with E-state index in [1.807, 2.05) is 6.08 Å². The molecule has 3 unspecified atom stereocenters. The normalized spacial score (nSPS) is 15.6. The predicted octanol–water partition coefficient (Wildman–Crippen LogP) is 4.89. The summed E-state index contributed by atoms with van der Waals surface area (Å²) in [7, 11) is 0. The average Bonchev–Trinajstić information content (AvgIpc) is 2.78. The summed E-state index contributed by atoms with van der Waals surface area (Å²) in [5.41, 5.74) is 0. The van der Waals surface area contributed by atoms with Gasteiger partial charge >= 0.3 is 11.9 Å². The molecule has 35 heavy (non-hydrogen) atoms. The van der Waals surface area contributed by atoms with E-state index < -0.39 is 35.7 Å². The van der Waals surface area contributed by atoms with Crippen molar-refractivity contribution < 1.29 is 34.2 Å². The number of nitrogens with zero attached hydrogens (tertiary/aromatic N) is 1. The van der Waals surface area contributed by atoms with E-state index in [2.05, 4.69) is 6.58 Å². The minimum atomic E-state index is -1.18. The topological polar surface area (TPSA) is 115 Å². The van der Waals surface area contributed by atoms with Crippen LogP contribution in [0.5, 0.6) is 0 Å². The molecule has 0 aliphatic rings. The number of carbonyl (C=O) groups is 3. The SMILES string of the molecule is C=CCCCCCCCCCCCCCC[N+](CC(C)C(=O)[O-])(CC(C)C(=O)O)CC(C)C(=O)O. The third kappa shape index (κ3) is 16.4. The van der Waals surface area contributed by atoms with Crippen LogP contribution in [0.4, 0.5) is 0 Å². The van der Waals surface area contributed by atoms with Crippen molar-refractivity contribution in [1.82, 2.24) is 0 Å². The smallest absolute Gasteiger partial charge is 0.311 e. The zero-order chi connectivity index (χ0) is 26.7. The van der Waals surface area contributed by atoms with Gasteiger partial charge in [0.1, 0.15) is 11.8 Å². The van der Waals surface area contributed by atoms with Gasteiger partial charge in [0.05, 0.1) is 26.2 Å². The van der Waals surface area contributed by atoms with Crippen molar-refractivity contribution in [2.75, 3.05) is 26.2 Å². The summed E-state index contributed by atoms with van der Waals surface area (Å²) in [4.78, 5) is 34.6. The van der Waals surface area contributed by atoms with Crippen molar-refractivity contribution in [2.45, 2.75) is 104 Å². The Bertz CT molecular complexity index is 566. The molecule has 2 N–H and O–H groups in total. The van der Waals surface area contributed by atoms with Crippen LogP contribution in [0.2, 0.25) is 0 Å². The Balaban J connectivity index is 4.62. The minimum Gasteiger partial charge on any atom is -0.550 e. The van der Waals surface area contributed by atoms with Crippen molar-refractivity contribution >= 4 is 17.9 Å². The van der Waals surface area contributed by atoms with Crippen molar-refractivity contribution in [3.05, 3.63) is 12.7 Å². The highest BCUT2D eigenvalue weighted by Gasteiger charge is 2.36. The molecule has 0 aliphatic carbocycles. The fourth-order valence-corrected chi connectivity index (χ4v) is 4.97. The summed E-state index contributed by atoms with van der Waals surface area (Å²) in [6.07, 6.45) is 17.4. The van der Waals surface area contributed by atoms with E-state index in [1.54, 1.807) is 20.8 Å². The van der Waals surface area contributed by atoms with Gasteiger partial charge in [-0.2, -0.15) is 0 Å². The van der Waals surface area contributed by atoms with Crippen LogP contribution in [0.15, 0.2) is 12.7 Å². The summed E-state index contributed by atoms with van der Waals surface area (Å²) in [6, 6.07) is 0. The maximum atomic E-state index is 11.6. The Morgan fingerprint density at radius 3 is 1.37 bits per heavy atom. The van der Waals surface area contributed by atoms with Crippen LogP contribution < -0.4 is 5.11 Å². The quantitative estimate of drug-likeness (QED) is 0.111. The summed E-state index contributed by atoms with van der Waals surface area (Å²) in [5.74, 6) is -5.24. The lowest BCUT2D eigenvalue weighted by atomic mass is 10.00. The molecule has 0 spiro atoms. The molecule has 0 amide bonds. The molecule has 3 atom stereocenters. The number of aliphatic carboxylic acids is 3. The molecule has 0 rings (SSSR count). The zero-order valence-electron chi connectivity index (χ0n) is 22.5. The molecule has 0 saturated carbocycles. The van der Waals surface area contributed by atoms with Crippen molar-refractivity contribution in [1.29, 1.82) is 0 Å². The predicted molar refractivity (Wildman–Crippen MR) is 138 cm³/mol. The molecule has 0 aromatic carbocycles. The molecule has 0 fully saturated rings.